The number of carbonyl (C=O) groups is 1. The van der Waals surface area contributed by atoms with E-state index in [0.717, 1.165) is 5.69 Å². The van der Waals surface area contributed by atoms with Gasteiger partial charge in [-0.1, -0.05) is 0 Å². The Kier molecular flexibility index (Phi) is 2.21. The summed E-state index contributed by atoms with van der Waals surface area (Å²) in [6.07, 6.45) is 4.58. The lowest BCUT2D eigenvalue weighted by molar-refractivity contribution is 0.0697. The molecule has 5 nitrogen and oxygen atoms in total. The van der Waals surface area contributed by atoms with Gasteiger partial charge in [0.2, 0.25) is 0 Å². The third-order valence-corrected chi connectivity index (χ3v) is 2.01. The van der Waals surface area contributed by atoms with Gasteiger partial charge in [-0.2, -0.15) is 0 Å². The average molecular weight is 203 g/mol. The fraction of sp³-hybridized carbons (Fsp3) is 0.100. The molecule has 2 heterocycles. The minimum atomic E-state index is -1.01. The number of aromatic amines is 1. The summed E-state index contributed by atoms with van der Waals surface area (Å²) in [6, 6.07) is 1.63. The van der Waals surface area contributed by atoms with Gasteiger partial charge in [-0.05, 0) is 13.0 Å². The summed E-state index contributed by atoms with van der Waals surface area (Å²) in [7, 11) is 0. The number of pyridine rings is 1. The molecule has 15 heavy (non-hydrogen) atoms. The molecule has 0 amide bonds. The topological polar surface area (TPSA) is 78.9 Å². The highest BCUT2D eigenvalue weighted by Crippen LogP contribution is 2.19. The van der Waals surface area contributed by atoms with Crippen LogP contribution in [0.2, 0.25) is 0 Å². The van der Waals surface area contributed by atoms with Crippen molar-refractivity contribution in [2.45, 2.75) is 6.92 Å². The van der Waals surface area contributed by atoms with Crippen molar-refractivity contribution in [3.8, 4) is 11.4 Å². The van der Waals surface area contributed by atoms with Crippen LogP contribution in [0.4, 0.5) is 0 Å². The fourth-order valence-corrected chi connectivity index (χ4v) is 1.32. The van der Waals surface area contributed by atoms with Crippen LogP contribution in [-0.4, -0.2) is 26.0 Å². The maximum atomic E-state index is 10.9. The molecular weight excluding hydrogens is 194 g/mol. The largest absolute Gasteiger partial charge is 0.478 e. The van der Waals surface area contributed by atoms with Crippen molar-refractivity contribution >= 4 is 5.97 Å². The number of aromatic carboxylic acids is 1. The number of nitrogens with one attached hydrogen (secondary N) is 1. The number of H-pyrrole nitrogens is 1. The SMILES string of the molecule is Cc1c[nH]c(-c2ccncc2C(=O)O)n1. The van der Waals surface area contributed by atoms with E-state index in [1.807, 2.05) is 6.92 Å². The summed E-state index contributed by atoms with van der Waals surface area (Å²) >= 11 is 0. The first-order valence-corrected chi connectivity index (χ1v) is 4.38. The first-order chi connectivity index (χ1) is 7.18. The van der Waals surface area contributed by atoms with E-state index in [1.54, 1.807) is 18.5 Å². The van der Waals surface area contributed by atoms with Gasteiger partial charge >= 0.3 is 5.97 Å². The standard InChI is InChI=1S/C10H9N3O2/c1-6-4-12-9(13-6)7-2-3-11-5-8(7)10(14)15/h2-5H,1H3,(H,12,13)(H,14,15). The Labute approximate surface area is 85.8 Å². The van der Waals surface area contributed by atoms with Crippen LogP contribution in [0, 0.1) is 6.92 Å². The highest BCUT2D eigenvalue weighted by atomic mass is 16.4. The Morgan fingerprint density at radius 2 is 2.33 bits per heavy atom. The van der Waals surface area contributed by atoms with E-state index in [-0.39, 0.29) is 5.56 Å². The van der Waals surface area contributed by atoms with Gasteiger partial charge in [0, 0.05) is 24.2 Å². The molecule has 0 aliphatic rings. The second-order valence-corrected chi connectivity index (χ2v) is 3.12. The number of hydrogen-bond acceptors (Lipinski definition) is 3. The molecule has 76 valence electrons. The molecule has 5 heteroatoms. The van der Waals surface area contributed by atoms with Crippen LogP contribution >= 0.6 is 0 Å². The van der Waals surface area contributed by atoms with Crippen LogP contribution in [0.15, 0.2) is 24.7 Å². The molecule has 0 atom stereocenters. The molecule has 0 saturated carbocycles. The zero-order valence-electron chi connectivity index (χ0n) is 8.06. The van der Waals surface area contributed by atoms with E-state index in [4.69, 9.17) is 5.11 Å². The first-order valence-electron chi connectivity index (χ1n) is 4.38. The molecule has 0 saturated heterocycles. The second-order valence-electron chi connectivity index (χ2n) is 3.12. The molecule has 0 fully saturated rings. The number of hydrogen-bond donors (Lipinski definition) is 2. The van der Waals surface area contributed by atoms with Gasteiger partial charge in [0.15, 0.2) is 0 Å². The predicted octanol–water partition coefficient (Wildman–Crippen LogP) is 1.48. The van der Waals surface area contributed by atoms with Crippen LogP contribution in [0.5, 0.6) is 0 Å². The number of carboxylic acid groups (broad SMARTS) is 1. The van der Waals surface area contributed by atoms with Gasteiger partial charge in [-0.25, -0.2) is 9.78 Å². The van der Waals surface area contributed by atoms with E-state index in [2.05, 4.69) is 15.0 Å². The maximum Gasteiger partial charge on any atom is 0.338 e. The normalized spacial score (nSPS) is 10.2. The van der Waals surface area contributed by atoms with Crippen molar-refractivity contribution in [2.75, 3.05) is 0 Å². The Balaban J connectivity index is 2.57. The van der Waals surface area contributed by atoms with Crippen LogP contribution < -0.4 is 0 Å². The van der Waals surface area contributed by atoms with Crippen molar-refractivity contribution in [1.82, 2.24) is 15.0 Å². The first kappa shape index (κ1) is 9.39. The van der Waals surface area contributed by atoms with Crippen LogP contribution in [-0.2, 0) is 0 Å². The van der Waals surface area contributed by atoms with Gasteiger partial charge in [-0.15, -0.1) is 0 Å². The van der Waals surface area contributed by atoms with Crippen LogP contribution in [0.3, 0.4) is 0 Å². The van der Waals surface area contributed by atoms with E-state index < -0.39 is 5.97 Å². The molecule has 2 rings (SSSR count). The van der Waals surface area contributed by atoms with Crippen molar-refractivity contribution in [1.29, 1.82) is 0 Å². The van der Waals surface area contributed by atoms with Gasteiger partial charge in [0.05, 0.1) is 11.3 Å². The zero-order valence-corrected chi connectivity index (χ0v) is 8.06. The molecule has 0 unspecified atom stereocenters. The van der Waals surface area contributed by atoms with Crippen molar-refractivity contribution in [2.24, 2.45) is 0 Å². The fourth-order valence-electron chi connectivity index (χ4n) is 1.32. The van der Waals surface area contributed by atoms with Gasteiger partial charge in [0.1, 0.15) is 5.82 Å². The molecule has 2 N–H and O–H groups in total. The molecule has 0 aromatic carbocycles. The molecule has 0 aliphatic heterocycles. The molecule has 0 bridgehead atoms. The summed E-state index contributed by atoms with van der Waals surface area (Å²) in [5, 5.41) is 8.95. The number of aryl methyl sites for hydroxylation is 1. The van der Waals surface area contributed by atoms with Crippen molar-refractivity contribution < 1.29 is 9.90 Å². The van der Waals surface area contributed by atoms with Gasteiger partial charge in [0.25, 0.3) is 0 Å². The highest BCUT2D eigenvalue weighted by molar-refractivity contribution is 5.94. The Bertz CT molecular complexity index is 505. The summed E-state index contributed by atoms with van der Waals surface area (Å²) in [5.41, 5.74) is 1.51. The lowest BCUT2D eigenvalue weighted by Gasteiger charge is -2.00. The van der Waals surface area contributed by atoms with Crippen molar-refractivity contribution in [3.63, 3.8) is 0 Å². The summed E-state index contributed by atoms with van der Waals surface area (Å²) in [4.78, 5) is 21.8. The Hall–Kier alpha value is -2.17. The predicted molar refractivity (Wildman–Crippen MR) is 53.5 cm³/mol. The molecule has 2 aromatic rings. The average Bonchev–Trinajstić information content (AvgIpc) is 2.65. The van der Waals surface area contributed by atoms with Gasteiger partial charge in [-0.3, -0.25) is 4.98 Å². The van der Waals surface area contributed by atoms with E-state index in [9.17, 15) is 4.79 Å². The molecule has 2 aromatic heterocycles. The Morgan fingerprint density at radius 3 is 2.93 bits per heavy atom. The maximum absolute atomic E-state index is 10.9. The van der Waals surface area contributed by atoms with Crippen molar-refractivity contribution in [3.05, 3.63) is 35.9 Å². The van der Waals surface area contributed by atoms with Crippen LogP contribution in [0.1, 0.15) is 16.1 Å². The number of rotatable bonds is 2. The minimum absolute atomic E-state index is 0.145. The van der Waals surface area contributed by atoms with Gasteiger partial charge < -0.3 is 10.1 Å². The minimum Gasteiger partial charge on any atom is -0.478 e. The number of aromatic nitrogens is 3. The molecule has 0 spiro atoms. The van der Waals surface area contributed by atoms with E-state index in [0.29, 0.717) is 11.4 Å². The molecule has 0 radical (unpaired) electrons. The van der Waals surface area contributed by atoms with Crippen LogP contribution in [0.25, 0.3) is 11.4 Å². The summed E-state index contributed by atoms with van der Waals surface area (Å²) < 4.78 is 0. The lowest BCUT2D eigenvalue weighted by atomic mass is 10.1. The Morgan fingerprint density at radius 1 is 1.53 bits per heavy atom. The summed E-state index contributed by atoms with van der Waals surface area (Å²) in [6.45, 7) is 1.83. The molecular formula is C10H9N3O2. The molecule has 0 aliphatic carbocycles. The number of nitrogens with zero attached hydrogens (tertiary/aromatic N) is 2. The third-order valence-electron chi connectivity index (χ3n) is 2.01. The highest BCUT2D eigenvalue weighted by Gasteiger charge is 2.13. The second kappa shape index (κ2) is 3.53. The number of imidazole rings is 1. The third kappa shape index (κ3) is 1.71. The monoisotopic (exact) mass is 203 g/mol. The lowest BCUT2D eigenvalue weighted by Crippen LogP contribution is -2.00. The van der Waals surface area contributed by atoms with E-state index in [1.165, 1.54) is 6.20 Å². The quantitative estimate of drug-likeness (QED) is 0.774. The number of carboxylic acids is 1. The zero-order chi connectivity index (χ0) is 10.8. The smallest absolute Gasteiger partial charge is 0.338 e. The van der Waals surface area contributed by atoms with E-state index >= 15 is 0 Å². The summed E-state index contributed by atoms with van der Waals surface area (Å²) in [5.74, 6) is -0.459.